The first-order valence-electron chi connectivity index (χ1n) is 8.76. The molecule has 25 heavy (non-hydrogen) atoms. The van der Waals surface area contributed by atoms with Gasteiger partial charge in [0.25, 0.3) is 5.91 Å². The van der Waals surface area contributed by atoms with Crippen LogP contribution in [0.4, 0.5) is 0 Å². The van der Waals surface area contributed by atoms with Crippen LogP contribution in [0, 0.1) is 0 Å². The number of fused-ring (bicyclic) bond motifs is 1. The van der Waals surface area contributed by atoms with Crippen LogP contribution in [0.5, 0.6) is 5.75 Å². The van der Waals surface area contributed by atoms with Gasteiger partial charge in [0.1, 0.15) is 18.4 Å². The highest BCUT2D eigenvalue weighted by Gasteiger charge is 2.38. The van der Waals surface area contributed by atoms with Crippen LogP contribution in [0.25, 0.3) is 0 Å². The van der Waals surface area contributed by atoms with Crippen molar-refractivity contribution in [2.45, 2.75) is 38.8 Å². The third-order valence-corrected chi connectivity index (χ3v) is 4.86. The Morgan fingerprint density at radius 2 is 2.24 bits per heavy atom. The summed E-state index contributed by atoms with van der Waals surface area (Å²) in [6.07, 6.45) is 6.32. The molecule has 0 spiro atoms. The first kappa shape index (κ1) is 17.3. The van der Waals surface area contributed by atoms with Crippen molar-refractivity contribution in [2.24, 2.45) is 0 Å². The van der Waals surface area contributed by atoms with Crippen LogP contribution in [-0.2, 0) is 11.3 Å². The van der Waals surface area contributed by atoms with E-state index in [-0.39, 0.29) is 11.8 Å². The number of carbonyl (C=O) groups is 2. The van der Waals surface area contributed by atoms with E-state index in [4.69, 9.17) is 4.74 Å². The Labute approximate surface area is 148 Å². The van der Waals surface area contributed by atoms with Gasteiger partial charge < -0.3 is 15.0 Å². The maximum atomic E-state index is 12.8. The zero-order valence-electron chi connectivity index (χ0n) is 14.6. The van der Waals surface area contributed by atoms with E-state index in [1.807, 2.05) is 31.2 Å². The number of rotatable bonds is 5. The second-order valence-electron chi connectivity index (χ2n) is 6.37. The molecule has 5 nitrogen and oxygen atoms in total. The highest BCUT2D eigenvalue weighted by molar-refractivity contribution is 6.01. The molecule has 2 aliphatic rings. The van der Waals surface area contributed by atoms with Crippen LogP contribution in [-0.4, -0.2) is 35.9 Å². The summed E-state index contributed by atoms with van der Waals surface area (Å²) in [6, 6.07) is 5.11. The second kappa shape index (κ2) is 7.55. The van der Waals surface area contributed by atoms with Gasteiger partial charge in [-0.25, -0.2) is 0 Å². The van der Waals surface area contributed by atoms with Gasteiger partial charge in [-0.3, -0.25) is 9.59 Å². The van der Waals surface area contributed by atoms with Crippen LogP contribution in [0.15, 0.2) is 42.5 Å². The number of benzene rings is 1. The van der Waals surface area contributed by atoms with E-state index < -0.39 is 6.04 Å². The maximum absolute atomic E-state index is 12.8. The molecule has 0 radical (unpaired) electrons. The minimum atomic E-state index is -0.394. The molecule has 0 aromatic heterocycles. The molecule has 1 N–H and O–H groups in total. The van der Waals surface area contributed by atoms with E-state index in [2.05, 4.69) is 11.9 Å². The Bertz CT molecular complexity index is 724. The van der Waals surface area contributed by atoms with Gasteiger partial charge in [0.15, 0.2) is 0 Å². The van der Waals surface area contributed by atoms with Gasteiger partial charge in [-0.1, -0.05) is 24.8 Å². The van der Waals surface area contributed by atoms with Crippen LogP contribution < -0.4 is 10.1 Å². The molecule has 0 unspecified atom stereocenters. The minimum Gasteiger partial charge on any atom is -0.489 e. The van der Waals surface area contributed by atoms with Crippen molar-refractivity contribution in [3.05, 3.63) is 53.6 Å². The smallest absolute Gasteiger partial charge is 0.255 e. The third-order valence-electron chi connectivity index (χ3n) is 4.86. The molecular formula is C20H24N2O3. The van der Waals surface area contributed by atoms with Crippen molar-refractivity contribution >= 4 is 11.8 Å². The predicted molar refractivity (Wildman–Crippen MR) is 96.4 cm³/mol. The summed E-state index contributed by atoms with van der Waals surface area (Å²) in [5, 5.41) is 2.91. The van der Waals surface area contributed by atoms with E-state index in [0.717, 1.165) is 24.0 Å². The number of hydrogen-bond donors (Lipinski definition) is 1. The van der Waals surface area contributed by atoms with Crippen molar-refractivity contribution in [2.75, 3.05) is 13.2 Å². The SMILES string of the molecule is C=C/C(=C\C)COc1cccc2c1CN([C@H]1CCCCNC1=O)C2=O. The fourth-order valence-corrected chi connectivity index (χ4v) is 3.35. The van der Waals surface area contributed by atoms with E-state index >= 15 is 0 Å². The van der Waals surface area contributed by atoms with Crippen LogP contribution >= 0.6 is 0 Å². The minimum absolute atomic E-state index is 0.0519. The fourth-order valence-electron chi connectivity index (χ4n) is 3.35. The Morgan fingerprint density at radius 1 is 1.40 bits per heavy atom. The van der Waals surface area contributed by atoms with Gasteiger partial charge in [0, 0.05) is 17.7 Å². The quantitative estimate of drug-likeness (QED) is 0.839. The first-order valence-corrected chi connectivity index (χ1v) is 8.76. The summed E-state index contributed by atoms with van der Waals surface area (Å²) in [5.74, 6) is 0.560. The Morgan fingerprint density at radius 3 is 3.00 bits per heavy atom. The zero-order valence-corrected chi connectivity index (χ0v) is 14.6. The molecule has 1 atom stereocenters. The van der Waals surface area contributed by atoms with Crippen molar-refractivity contribution in [1.29, 1.82) is 0 Å². The number of allylic oxidation sites excluding steroid dienone is 1. The first-order chi connectivity index (χ1) is 12.2. The molecule has 5 heteroatoms. The Hall–Kier alpha value is -2.56. The highest BCUT2D eigenvalue weighted by Crippen LogP contribution is 2.33. The van der Waals surface area contributed by atoms with Crippen molar-refractivity contribution in [3.8, 4) is 5.75 Å². The summed E-state index contributed by atoms with van der Waals surface area (Å²) in [7, 11) is 0. The lowest BCUT2D eigenvalue weighted by atomic mass is 10.1. The summed E-state index contributed by atoms with van der Waals surface area (Å²) < 4.78 is 5.91. The molecule has 1 aromatic carbocycles. The van der Waals surface area contributed by atoms with Gasteiger partial charge in [0.2, 0.25) is 5.91 Å². The van der Waals surface area contributed by atoms with E-state index in [1.54, 1.807) is 11.0 Å². The molecule has 2 amide bonds. The lowest BCUT2D eigenvalue weighted by Crippen LogP contribution is -2.45. The van der Waals surface area contributed by atoms with E-state index in [1.165, 1.54) is 0 Å². The van der Waals surface area contributed by atoms with Crippen LogP contribution in [0.2, 0.25) is 0 Å². The number of ether oxygens (including phenoxy) is 1. The normalized spacial score (nSPS) is 20.8. The molecule has 0 aliphatic carbocycles. The molecule has 1 aromatic rings. The van der Waals surface area contributed by atoms with E-state index in [0.29, 0.717) is 37.4 Å². The van der Waals surface area contributed by atoms with Gasteiger partial charge in [0.05, 0.1) is 6.54 Å². The van der Waals surface area contributed by atoms with Gasteiger partial charge >= 0.3 is 0 Å². The third kappa shape index (κ3) is 3.45. The average molecular weight is 340 g/mol. The summed E-state index contributed by atoms with van der Waals surface area (Å²) in [5.41, 5.74) is 2.49. The molecule has 1 fully saturated rings. The molecule has 0 saturated carbocycles. The summed E-state index contributed by atoms with van der Waals surface area (Å²) in [4.78, 5) is 26.8. The number of carbonyl (C=O) groups excluding carboxylic acids is 2. The monoisotopic (exact) mass is 340 g/mol. The second-order valence-corrected chi connectivity index (χ2v) is 6.37. The van der Waals surface area contributed by atoms with Crippen molar-refractivity contribution in [1.82, 2.24) is 10.2 Å². The van der Waals surface area contributed by atoms with Crippen LogP contribution in [0.3, 0.4) is 0 Å². The molecule has 132 valence electrons. The largest absolute Gasteiger partial charge is 0.489 e. The lowest BCUT2D eigenvalue weighted by Gasteiger charge is -2.25. The number of nitrogens with zero attached hydrogens (tertiary/aromatic N) is 1. The van der Waals surface area contributed by atoms with Crippen molar-refractivity contribution < 1.29 is 14.3 Å². The molecule has 3 rings (SSSR count). The highest BCUT2D eigenvalue weighted by atomic mass is 16.5. The molecule has 2 heterocycles. The maximum Gasteiger partial charge on any atom is 0.255 e. The Balaban J connectivity index is 1.82. The number of amides is 2. The fraction of sp³-hybridized carbons (Fsp3) is 0.400. The lowest BCUT2D eigenvalue weighted by molar-refractivity contribution is -0.125. The van der Waals surface area contributed by atoms with E-state index in [9.17, 15) is 9.59 Å². The molecule has 2 aliphatic heterocycles. The van der Waals surface area contributed by atoms with Gasteiger partial charge in [-0.2, -0.15) is 0 Å². The standard InChI is InChI=1S/C20H24N2O3/c1-3-14(4-2)13-25-18-10-7-8-15-16(18)12-22(20(15)24)17-9-5-6-11-21-19(17)23/h3-4,7-8,10,17H,1,5-6,9,11-13H2,2H3,(H,21,23)/b14-4+/t17-/m0/s1. The predicted octanol–water partition coefficient (Wildman–Crippen LogP) is 2.82. The summed E-state index contributed by atoms with van der Waals surface area (Å²) >= 11 is 0. The van der Waals surface area contributed by atoms with Crippen LogP contribution in [0.1, 0.15) is 42.1 Å². The zero-order chi connectivity index (χ0) is 17.8. The molecule has 0 bridgehead atoms. The van der Waals surface area contributed by atoms with Gasteiger partial charge in [-0.05, 0) is 43.9 Å². The average Bonchev–Trinajstić information content (AvgIpc) is 2.81. The number of hydrogen-bond acceptors (Lipinski definition) is 3. The van der Waals surface area contributed by atoms with Gasteiger partial charge in [-0.15, -0.1) is 0 Å². The van der Waals surface area contributed by atoms with Crippen molar-refractivity contribution in [3.63, 3.8) is 0 Å². The number of nitrogens with one attached hydrogen (secondary N) is 1. The Kier molecular flexibility index (Phi) is 5.22. The summed E-state index contributed by atoms with van der Waals surface area (Å²) in [6.45, 7) is 7.22. The topological polar surface area (TPSA) is 58.6 Å². The molecule has 1 saturated heterocycles. The molecular weight excluding hydrogens is 316 g/mol.